The van der Waals surface area contributed by atoms with Crippen LogP contribution in [-0.2, 0) is 14.8 Å². The van der Waals surface area contributed by atoms with Gasteiger partial charge in [0.05, 0.1) is 4.90 Å². The molecule has 0 aromatic heterocycles. The monoisotopic (exact) mass is 275 g/mol. The topological polar surface area (TPSA) is 83.5 Å². The van der Waals surface area contributed by atoms with E-state index in [2.05, 4.69) is 0 Å². The minimum Gasteiger partial charge on any atom is -0.480 e. The molecule has 100 valence electrons. The predicted molar refractivity (Wildman–Crippen MR) is 63.2 cm³/mol. The van der Waals surface area contributed by atoms with E-state index in [1.54, 1.807) is 0 Å². The molecule has 7 heteroatoms. The number of sulfonamides is 1. The third-order valence-electron chi connectivity index (χ3n) is 2.38. The maximum absolute atomic E-state index is 13.3. The lowest BCUT2D eigenvalue weighted by Gasteiger charge is -2.20. The first-order chi connectivity index (χ1) is 8.06. The summed E-state index contributed by atoms with van der Waals surface area (Å²) in [5.74, 6) is -1.98. The number of aryl methyl sites for hydroxylation is 1. The third kappa shape index (κ3) is 3.05. The van der Waals surface area contributed by atoms with Gasteiger partial charge in [0, 0.05) is 0 Å². The molecule has 0 amide bonds. The number of hydrogen-bond donors (Lipinski definition) is 2. The van der Waals surface area contributed by atoms with Gasteiger partial charge in [0.1, 0.15) is 11.4 Å². The van der Waals surface area contributed by atoms with Crippen molar-refractivity contribution in [3.8, 4) is 0 Å². The molecule has 0 aliphatic rings. The number of rotatable bonds is 4. The lowest BCUT2D eigenvalue weighted by molar-refractivity contribution is -0.142. The second kappa shape index (κ2) is 4.66. The van der Waals surface area contributed by atoms with Crippen molar-refractivity contribution in [1.29, 1.82) is 0 Å². The Labute approximate surface area is 105 Å². The molecule has 0 aliphatic heterocycles. The van der Waals surface area contributed by atoms with Gasteiger partial charge < -0.3 is 5.11 Å². The Bertz CT molecular complexity index is 581. The molecule has 0 saturated heterocycles. The quantitative estimate of drug-likeness (QED) is 0.867. The number of carbonyl (C=O) groups is 1. The first-order valence-corrected chi connectivity index (χ1v) is 6.58. The van der Waals surface area contributed by atoms with Gasteiger partial charge >= 0.3 is 5.97 Å². The Morgan fingerprint density at radius 3 is 2.39 bits per heavy atom. The van der Waals surface area contributed by atoms with Crippen LogP contribution in [0.2, 0.25) is 0 Å². The van der Waals surface area contributed by atoms with Crippen LogP contribution in [0, 0.1) is 12.7 Å². The number of nitrogens with one attached hydrogen (secondary N) is 1. The van der Waals surface area contributed by atoms with Crippen LogP contribution in [0.4, 0.5) is 4.39 Å². The highest BCUT2D eigenvalue weighted by atomic mass is 32.2. The van der Waals surface area contributed by atoms with Crippen LogP contribution in [0.1, 0.15) is 19.4 Å². The summed E-state index contributed by atoms with van der Waals surface area (Å²) < 4.78 is 39.0. The number of halogens is 1. The normalized spacial score (nSPS) is 12.4. The summed E-state index contributed by atoms with van der Waals surface area (Å²) >= 11 is 0. The molecule has 5 nitrogen and oxygen atoms in total. The van der Waals surface area contributed by atoms with Gasteiger partial charge in [-0.1, -0.05) is 6.07 Å². The lowest BCUT2D eigenvalue weighted by atomic mass is 10.1. The van der Waals surface area contributed by atoms with E-state index >= 15 is 0 Å². The van der Waals surface area contributed by atoms with Crippen molar-refractivity contribution >= 4 is 16.0 Å². The summed E-state index contributed by atoms with van der Waals surface area (Å²) in [6.07, 6.45) is 0. The van der Waals surface area contributed by atoms with Crippen molar-refractivity contribution < 1.29 is 22.7 Å². The van der Waals surface area contributed by atoms with Crippen LogP contribution < -0.4 is 4.72 Å². The number of benzene rings is 1. The van der Waals surface area contributed by atoms with Gasteiger partial charge in [-0.15, -0.1) is 0 Å². The Balaban J connectivity index is 3.15. The fourth-order valence-electron chi connectivity index (χ4n) is 1.18. The number of carboxylic acid groups (broad SMARTS) is 1. The average molecular weight is 275 g/mol. The summed E-state index contributed by atoms with van der Waals surface area (Å²) in [4.78, 5) is 10.5. The molecule has 1 aromatic carbocycles. The zero-order valence-corrected chi connectivity index (χ0v) is 11.0. The maximum atomic E-state index is 13.3. The van der Waals surface area contributed by atoms with Crippen LogP contribution in [0.3, 0.4) is 0 Å². The molecule has 0 spiro atoms. The van der Waals surface area contributed by atoms with Crippen molar-refractivity contribution in [2.45, 2.75) is 31.2 Å². The van der Waals surface area contributed by atoms with E-state index in [9.17, 15) is 17.6 Å². The average Bonchev–Trinajstić information content (AvgIpc) is 2.20. The molecule has 0 bridgehead atoms. The molecule has 1 aromatic rings. The zero-order valence-electron chi connectivity index (χ0n) is 10.2. The van der Waals surface area contributed by atoms with E-state index in [4.69, 9.17) is 5.11 Å². The zero-order chi connectivity index (χ0) is 14.1. The van der Waals surface area contributed by atoms with Gasteiger partial charge in [0.15, 0.2) is 0 Å². The van der Waals surface area contributed by atoms with Crippen LogP contribution in [0.25, 0.3) is 0 Å². The largest absolute Gasteiger partial charge is 0.480 e. The molecular formula is C11H14FNO4S. The molecule has 0 heterocycles. The summed E-state index contributed by atoms with van der Waals surface area (Å²) in [5.41, 5.74) is -1.35. The van der Waals surface area contributed by atoms with Crippen LogP contribution in [-0.4, -0.2) is 25.0 Å². The van der Waals surface area contributed by atoms with Gasteiger partial charge in [-0.25, -0.2) is 12.8 Å². The van der Waals surface area contributed by atoms with E-state index in [0.717, 1.165) is 6.07 Å². The van der Waals surface area contributed by atoms with Gasteiger partial charge in [-0.05, 0) is 38.5 Å². The van der Waals surface area contributed by atoms with Crippen molar-refractivity contribution in [2.75, 3.05) is 0 Å². The molecule has 0 radical (unpaired) electrons. The van der Waals surface area contributed by atoms with Crippen molar-refractivity contribution in [2.24, 2.45) is 0 Å². The SMILES string of the molecule is Cc1ccc(S(=O)(=O)NC(C)(C)C(=O)O)cc1F. The highest BCUT2D eigenvalue weighted by Gasteiger charge is 2.33. The van der Waals surface area contributed by atoms with Gasteiger partial charge in [0.25, 0.3) is 0 Å². The minimum absolute atomic E-state index is 0.306. The van der Waals surface area contributed by atoms with Gasteiger partial charge in [-0.2, -0.15) is 4.72 Å². The van der Waals surface area contributed by atoms with Crippen molar-refractivity contribution in [3.63, 3.8) is 0 Å². The maximum Gasteiger partial charge on any atom is 0.324 e. The van der Waals surface area contributed by atoms with Gasteiger partial charge in [-0.3, -0.25) is 4.79 Å². The van der Waals surface area contributed by atoms with E-state index in [0.29, 0.717) is 5.56 Å². The molecule has 2 N–H and O–H groups in total. The Kier molecular flexibility index (Phi) is 3.78. The fraction of sp³-hybridized carbons (Fsp3) is 0.364. The van der Waals surface area contributed by atoms with Crippen molar-refractivity contribution in [3.05, 3.63) is 29.6 Å². The summed E-state index contributed by atoms with van der Waals surface area (Å²) in [6, 6.07) is 3.39. The molecular weight excluding hydrogens is 261 g/mol. The number of aliphatic carboxylic acids is 1. The standard InChI is InChI=1S/C11H14FNO4S/c1-7-4-5-8(6-9(7)12)18(16,17)13-11(2,3)10(14)15/h4-6,13H,1-3H3,(H,14,15). The highest BCUT2D eigenvalue weighted by Crippen LogP contribution is 2.16. The summed E-state index contributed by atoms with van der Waals surface area (Å²) in [5, 5.41) is 8.85. The van der Waals surface area contributed by atoms with Gasteiger partial charge in [0.2, 0.25) is 10.0 Å². The number of hydrogen-bond acceptors (Lipinski definition) is 3. The molecule has 0 atom stereocenters. The van der Waals surface area contributed by atoms with Crippen LogP contribution >= 0.6 is 0 Å². The van der Waals surface area contributed by atoms with E-state index in [1.165, 1.54) is 32.9 Å². The van der Waals surface area contributed by atoms with E-state index in [-0.39, 0.29) is 4.90 Å². The number of carboxylic acids is 1. The first kappa shape index (κ1) is 14.6. The highest BCUT2D eigenvalue weighted by molar-refractivity contribution is 7.89. The minimum atomic E-state index is -4.07. The predicted octanol–water partition coefficient (Wildman–Crippen LogP) is 1.28. The molecule has 1 rings (SSSR count). The third-order valence-corrected chi connectivity index (χ3v) is 4.03. The Hall–Kier alpha value is -1.47. The summed E-state index contributed by atoms with van der Waals surface area (Å²) in [6.45, 7) is 3.91. The molecule has 0 saturated carbocycles. The summed E-state index contributed by atoms with van der Waals surface area (Å²) in [7, 11) is -4.07. The second-order valence-corrected chi connectivity index (χ2v) is 6.13. The Morgan fingerprint density at radius 1 is 1.39 bits per heavy atom. The smallest absolute Gasteiger partial charge is 0.324 e. The molecule has 0 fully saturated rings. The molecule has 0 aliphatic carbocycles. The lowest BCUT2D eigenvalue weighted by Crippen LogP contribution is -2.49. The van der Waals surface area contributed by atoms with E-state index < -0.39 is 27.3 Å². The fourth-order valence-corrected chi connectivity index (χ4v) is 2.56. The Morgan fingerprint density at radius 2 is 1.94 bits per heavy atom. The van der Waals surface area contributed by atoms with Crippen molar-refractivity contribution in [1.82, 2.24) is 4.72 Å². The first-order valence-electron chi connectivity index (χ1n) is 5.10. The second-order valence-electron chi connectivity index (χ2n) is 4.45. The molecule has 18 heavy (non-hydrogen) atoms. The van der Waals surface area contributed by atoms with Crippen LogP contribution in [0.15, 0.2) is 23.1 Å². The van der Waals surface area contributed by atoms with E-state index in [1.807, 2.05) is 4.72 Å². The molecule has 0 unspecified atom stereocenters. The van der Waals surface area contributed by atoms with Crippen LogP contribution in [0.5, 0.6) is 0 Å².